The second kappa shape index (κ2) is 4.32. The van der Waals surface area contributed by atoms with Gasteiger partial charge in [0, 0.05) is 12.0 Å². The minimum atomic E-state index is 0.186. The van der Waals surface area contributed by atoms with Crippen LogP contribution in [0.3, 0.4) is 0 Å². The average molecular weight is 240 g/mol. The molecule has 2 aliphatic carbocycles. The zero-order chi connectivity index (χ0) is 11.9. The molecule has 2 aliphatic rings. The van der Waals surface area contributed by atoms with Gasteiger partial charge in [0.2, 0.25) is 5.91 Å². The van der Waals surface area contributed by atoms with Gasteiger partial charge in [-0.05, 0) is 44.9 Å². The number of amides is 1. The molecule has 3 nitrogen and oxygen atoms in total. The summed E-state index contributed by atoms with van der Waals surface area (Å²) in [5.74, 6) is 2.18. The fourth-order valence-corrected chi connectivity index (χ4v) is 2.97. The van der Waals surface area contributed by atoms with E-state index in [1.807, 2.05) is 18.7 Å². The van der Waals surface area contributed by atoms with E-state index in [-0.39, 0.29) is 17.9 Å². The summed E-state index contributed by atoms with van der Waals surface area (Å²) in [6.07, 6.45) is 3.52. The van der Waals surface area contributed by atoms with Crippen LogP contribution in [0.4, 0.5) is 0 Å². The zero-order valence-electron chi connectivity index (χ0n) is 9.98. The maximum Gasteiger partial charge on any atom is 0.226 e. The Morgan fingerprint density at radius 3 is 2.38 bits per heavy atom. The number of thiocarbonyl (C=S) groups is 1. The smallest absolute Gasteiger partial charge is 0.226 e. The molecule has 2 atom stereocenters. The second-order valence-electron chi connectivity index (χ2n) is 5.45. The average Bonchev–Trinajstić information content (AvgIpc) is 2.81. The Morgan fingerprint density at radius 2 is 1.94 bits per heavy atom. The van der Waals surface area contributed by atoms with E-state index in [1.54, 1.807) is 0 Å². The highest BCUT2D eigenvalue weighted by Gasteiger charge is 2.48. The molecule has 0 spiro atoms. The Kier molecular flexibility index (Phi) is 3.19. The summed E-state index contributed by atoms with van der Waals surface area (Å²) >= 11 is 4.90. The van der Waals surface area contributed by atoms with E-state index in [0.717, 1.165) is 24.7 Å². The molecule has 16 heavy (non-hydrogen) atoms. The number of hydrogen-bond donors (Lipinski definition) is 1. The maximum absolute atomic E-state index is 12.3. The fraction of sp³-hybridized carbons (Fsp3) is 0.833. The summed E-state index contributed by atoms with van der Waals surface area (Å²) in [6.45, 7) is 4.47. The largest absolute Gasteiger partial charge is 0.392 e. The van der Waals surface area contributed by atoms with Gasteiger partial charge in [0.1, 0.15) is 0 Å². The van der Waals surface area contributed by atoms with Crippen LogP contribution < -0.4 is 5.73 Å². The van der Waals surface area contributed by atoms with Crippen molar-refractivity contribution in [2.45, 2.75) is 39.2 Å². The van der Waals surface area contributed by atoms with Crippen molar-refractivity contribution < 1.29 is 4.79 Å². The van der Waals surface area contributed by atoms with Gasteiger partial charge in [-0.3, -0.25) is 4.79 Å². The Balaban J connectivity index is 1.96. The third kappa shape index (κ3) is 2.37. The van der Waals surface area contributed by atoms with Crippen molar-refractivity contribution in [2.75, 3.05) is 6.54 Å². The van der Waals surface area contributed by atoms with Gasteiger partial charge in [0.25, 0.3) is 0 Å². The van der Waals surface area contributed by atoms with Gasteiger partial charge in [-0.15, -0.1) is 0 Å². The highest BCUT2D eigenvalue weighted by atomic mass is 32.1. The van der Waals surface area contributed by atoms with Crippen LogP contribution in [0.1, 0.15) is 33.1 Å². The van der Waals surface area contributed by atoms with E-state index in [1.165, 1.54) is 6.42 Å². The van der Waals surface area contributed by atoms with E-state index < -0.39 is 0 Å². The standard InChI is InChI=1S/C12H20N2OS/c1-7(2)14(6-11(13)16)12(15)10-4-8-3-9(8)5-10/h7-10H,3-6H2,1-2H3,(H2,13,16). The van der Waals surface area contributed by atoms with Crippen LogP contribution in [0, 0.1) is 17.8 Å². The molecule has 2 N–H and O–H groups in total. The van der Waals surface area contributed by atoms with E-state index in [0.29, 0.717) is 11.5 Å². The van der Waals surface area contributed by atoms with Crippen molar-refractivity contribution in [3.05, 3.63) is 0 Å². The number of carbonyl (C=O) groups excluding carboxylic acids is 1. The van der Waals surface area contributed by atoms with Crippen LogP contribution >= 0.6 is 12.2 Å². The van der Waals surface area contributed by atoms with Crippen LogP contribution in [0.15, 0.2) is 0 Å². The molecule has 0 aromatic heterocycles. The first-order valence-corrected chi connectivity index (χ1v) is 6.48. The molecule has 1 amide bonds. The summed E-state index contributed by atoms with van der Waals surface area (Å²) in [5.41, 5.74) is 5.54. The van der Waals surface area contributed by atoms with Crippen LogP contribution in [-0.2, 0) is 4.79 Å². The number of nitrogens with two attached hydrogens (primary N) is 1. The Morgan fingerprint density at radius 1 is 1.38 bits per heavy atom. The molecule has 4 heteroatoms. The molecule has 2 saturated carbocycles. The van der Waals surface area contributed by atoms with Gasteiger partial charge in [0.15, 0.2) is 0 Å². The minimum Gasteiger partial charge on any atom is -0.392 e. The van der Waals surface area contributed by atoms with Crippen molar-refractivity contribution >= 4 is 23.1 Å². The molecule has 2 fully saturated rings. The lowest BCUT2D eigenvalue weighted by molar-refractivity contribution is -0.136. The molecule has 0 heterocycles. The van der Waals surface area contributed by atoms with Crippen LogP contribution in [0.5, 0.6) is 0 Å². The molecule has 0 bridgehead atoms. The lowest BCUT2D eigenvalue weighted by atomic mass is 10.0. The Bertz CT molecular complexity index is 306. The van der Waals surface area contributed by atoms with Crippen molar-refractivity contribution in [2.24, 2.45) is 23.5 Å². The number of hydrogen-bond acceptors (Lipinski definition) is 2. The molecule has 0 aromatic rings. The van der Waals surface area contributed by atoms with E-state index in [4.69, 9.17) is 18.0 Å². The molecule has 0 aromatic carbocycles. The topological polar surface area (TPSA) is 46.3 Å². The van der Waals surface area contributed by atoms with Gasteiger partial charge < -0.3 is 10.6 Å². The normalized spacial score (nSPS) is 31.3. The summed E-state index contributed by atoms with van der Waals surface area (Å²) < 4.78 is 0. The Hall–Kier alpha value is -0.640. The lowest BCUT2D eigenvalue weighted by Crippen LogP contribution is -2.44. The van der Waals surface area contributed by atoms with Crippen molar-refractivity contribution in [1.29, 1.82) is 0 Å². The zero-order valence-corrected chi connectivity index (χ0v) is 10.8. The van der Waals surface area contributed by atoms with Crippen molar-refractivity contribution in [3.8, 4) is 0 Å². The first-order chi connectivity index (χ1) is 7.49. The summed E-state index contributed by atoms with van der Waals surface area (Å²) in [4.78, 5) is 14.5. The van der Waals surface area contributed by atoms with Gasteiger partial charge in [-0.1, -0.05) is 12.2 Å². The first kappa shape index (κ1) is 11.8. The number of nitrogens with zero attached hydrogens (tertiary/aromatic N) is 1. The number of carbonyl (C=O) groups is 1. The predicted molar refractivity (Wildman–Crippen MR) is 68.0 cm³/mol. The molecule has 0 saturated heterocycles. The minimum absolute atomic E-state index is 0.186. The maximum atomic E-state index is 12.3. The van der Waals surface area contributed by atoms with Gasteiger partial charge in [0.05, 0.1) is 11.5 Å². The molecular formula is C12H20N2OS. The van der Waals surface area contributed by atoms with Crippen LogP contribution in [0.2, 0.25) is 0 Å². The van der Waals surface area contributed by atoms with Gasteiger partial charge >= 0.3 is 0 Å². The van der Waals surface area contributed by atoms with Gasteiger partial charge in [-0.2, -0.15) is 0 Å². The molecule has 90 valence electrons. The number of rotatable bonds is 4. The lowest BCUT2D eigenvalue weighted by Gasteiger charge is -2.29. The SMILES string of the molecule is CC(C)N(CC(N)=S)C(=O)C1CC2CC2C1. The van der Waals surface area contributed by atoms with Crippen molar-refractivity contribution in [3.63, 3.8) is 0 Å². The van der Waals surface area contributed by atoms with Crippen LogP contribution in [0.25, 0.3) is 0 Å². The summed E-state index contributed by atoms with van der Waals surface area (Å²) in [5, 5.41) is 0. The van der Waals surface area contributed by atoms with Crippen LogP contribution in [-0.4, -0.2) is 28.4 Å². The van der Waals surface area contributed by atoms with Crippen molar-refractivity contribution in [1.82, 2.24) is 4.90 Å². The number of fused-ring (bicyclic) bond motifs is 1. The van der Waals surface area contributed by atoms with E-state index >= 15 is 0 Å². The first-order valence-electron chi connectivity index (χ1n) is 6.07. The van der Waals surface area contributed by atoms with E-state index in [9.17, 15) is 4.79 Å². The van der Waals surface area contributed by atoms with E-state index in [2.05, 4.69) is 0 Å². The summed E-state index contributed by atoms with van der Waals surface area (Å²) in [6, 6.07) is 0.186. The Labute approximate surface area is 102 Å². The fourth-order valence-electron chi connectivity index (χ4n) is 2.83. The molecular weight excluding hydrogens is 220 g/mol. The monoisotopic (exact) mass is 240 g/mol. The molecule has 0 aliphatic heterocycles. The highest BCUT2D eigenvalue weighted by Crippen LogP contribution is 2.54. The molecule has 2 rings (SSSR count). The van der Waals surface area contributed by atoms with Gasteiger partial charge in [-0.25, -0.2) is 0 Å². The highest BCUT2D eigenvalue weighted by molar-refractivity contribution is 7.80. The third-order valence-corrected chi connectivity index (χ3v) is 3.95. The molecule has 0 radical (unpaired) electrons. The predicted octanol–water partition coefficient (Wildman–Crippen LogP) is 1.56. The second-order valence-corrected chi connectivity index (χ2v) is 5.97. The summed E-state index contributed by atoms with van der Waals surface area (Å²) in [7, 11) is 0. The third-order valence-electron chi connectivity index (χ3n) is 3.83. The molecule has 2 unspecified atom stereocenters. The quantitative estimate of drug-likeness (QED) is 0.759.